The van der Waals surface area contributed by atoms with Crippen molar-refractivity contribution >= 4 is 17.1 Å². The van der Waals surface area contributed by atoms with Crippen molar-refractivity contribution in [3.8, 4) is 28.7 Å². The van der Waals surface area contributed by atoms with E-state index in [0.29, 0.717) is 34.1 Å². The molecule has 0 amide bonds. The first-order valence-corrected chi connectivity index (χ1v) is 10.7. The van der Waals surface area contributed by atoms with E-state index >= 15 is 0 Å². The Morgan fingerprint density at radius 2 is 1.27 bits per heavy atom. The zero-order chi connectivity index (χ0) is 23.7. The minimum absolute atomic E-state index is 0.0899. The maximum Gasteiger partial charge on any atom is 0.139 e. The van der Waals surface area contributed by atoms with Gasteiger partial charge in [0.2, 0.25) is 0 Å². The molecule has 0 heterocycles. The fourth-order valence-electron chi connectivity index (χ4n) is 3.77. The molecule has 0 unspecified atom stereocenters. The number of hydrogen-bond acceptors (Lipinski definition) is 5. The molecule has 0 aromatic heterocycles. The molecule has 4 aromatic carbocycles. The van der Waals surface area contributed by atoms with E-state index in [9.17, 15) is 15.3 Å². The molecule has 0 fully saturated rings. The predicted octanol–water partition coefficient (Wildman–Crippen LogP) is 7.30. The van der Waals surface area contributed by atoms with E-state index in [1.807, 2.05) is 88.4 Å². The van der Waals surface area contributed by atoms with Crippen LogP contribution >= 0.6 is 0 Å². The molecule has 0 aliphatic heterocycles. The number of phenols is 3. The summed E-state index contributed by atoms with van der Waals surface area (Å²) in [5.74, 6) is 1.50. The monoisotopic (exact) mass is 441 g/mol. The van der Waals surface area contributed by atoms with Crippen LogP contribution in [0.15, 0.2) is 72.8 Å². The van der Waals surface area contributed by atoms with Crippen LogP contribution in [-0.2, 0) is 0 Å². The standard InChI is InChI=1S/C28H27NO4/c1-17-8-11-25(30)23(14-17)29(24-15-18(2)9-12-26(24)31)21-6-5-7-22(16-21)33-27-13-10-19(3)28(32)20(27)4/h5-16,30-32H,1-4H3. The van der Waals surface area contributed by atoms with Crippen molar-refractivity contribution in [1.29, 1.82) is 0 Å². The van der Waals surface area contributed by atoms with Crippen molar-refractivity contribution in [2.75, 3.05) is 4.90 Å². The van der Waals surface area contributed by atoms with Crippen molar-refractivity contribution < 1.29 is 20.1 Å². The number of ether oxygens (including phenoxy) is 1. The average Bonchev–Trinajstić information content (AvgIpc) is 2.79. The zero-order valence-corrected chi connectivity index (χ0v) is 19.1. The van der Waals surface area contributed by atoms with Crippen LogP contribution in [0.4, 0.5) is 17.1 Å². The molecule has 33 heavy (non-hydrogen) atoms. The molecule has 0 aliphatic carbocycles. The van der Waals surface area contributed by atoms with Crippen LogP contribution in [0, 0.1) is 27.7 Å². The molecule has 3 N–H and O–H groups in total. The van der Waals surface area contributed by atoms with Crippen LogP contribution in [0.25, 0.3) is 0 Å². The number of nitrogens with zero attached hydrogens (tertiary/aromatic N) is 1. The van der Waals surface area contributed by atoms with Gasteiger partial charge >= 0.3 is 0 Å². The normalized spacial score (nSPS) is 10.8. The highest BCUT2D eigenvalue weighted by Gasteiger charge is 2.20. The molecule has 0 aliphatic rings. The smallest absolute Gasteiger partial charge is 0.139 e. The number of aryl methyl sites for hydroxylation is 3. The van der Waals surface area contributed by atoms with Gasteiger partial charge in [-0.3, -0.25) is 0 Å². The molecule has 4 rings (SSSR count). The summed E-state index contributed by atoms with van der Waals surface area (Å²) >= 11 is 0. The van der Waals surface area contributed by atoms with Gasteiger partial charge in [0.05, 0.1) is 17.1 Å². The molecular formula is C28H27NO4. The second-order valence-corrected chi connectivity index (χ2v) is 8.27. The summed E-state index contributed by atoms with van der Waals surface area (Å²) in [6, 6.07) is 21.7. The topological polar surface area (TPSA) is 73.2 Å². The third-order valence-corrected chi connectivity index (χ3v) is 5.63. The Balaban J connectivity index is 1.84. The summed E-state index contributed by atoms with van der Waals surface area (Å²) in [5, 5.41) is 31.7. The molecule has 0 spiro atoms. The lowest BCUT2D eigenvalue weighted by atomic mass is 10.1. The van der Waals surface area contributed by atoms with Crippen molar-refractivity contribution in [2.24, 2.45) is 0 Å². The third kappa shape index (κ3) is 4.44. The van der Waals surface area contributed by atoms with Crippen molar-refractivity contribution in [3.63, 3.8) is 0 Å². The summed E-state index contributed by atoms with van der Waals surface area (Å²) in [6.45, 7) is 7.55. The van der Waals surface area contributed by atoms with Crippen LogP contribution in [0.5, 0.6) is 28.7 Å². The van der Waals surface area contributed by atoms with E-state index in [1.54, 1.807) is 17.0 Å². The summed E-state index contributed by atoms with van der Waals surface area (Å²) in [5.41, 5.74) is 5.16. The quantitative estimate of drug-likeness (QED) is 0.303. The molecule has 5 heteroatoms. The van der Waals surface area contributed by atoms with E-state index in [0.717, 1.165) is 16.7 Å². The number of aromatic hydroxyl groups is 3. The van der Waals surface area contributed by atoms with Gasteiger partial charge in [-0.05, 0) is 86.8 Å². The summed E-state index contributed by atoms with van der Waals surface area (Å²) < 4.78 is 6.10. The molecule has 5 nitrogen and oxygen atoms in total. The average molecular weight is 442 g/mol. The summed E-state index contributed by atoms with van der Waals surface area (Å²) in [6.07, 6.45) is 0. The van der Waals surface area contributed by atoms with Gasteiger partial charge in [0.25, 0.3) is 0 Å². The molecule has 0 bridgehead atoms. The summed E-state index contributed by atoms with van der Waals surface area (Å²) in [4.78, 5) is 1.80. The van der Waals surface area contributed by atoms with E-state index in [2.05, 4.69) is 0 Å². The Morgan fingerprint density at radius 1 is 0.667 bits per heavy atom. The maximum absolute atomic E-state index is 10.7. The second-order valence-electron chi connectivity index (χ2n) is 8.27. The SMILES string of the molecule is Cc1ccc(O)c(N(c2cccc(Oc3ccc(C)c(O)c3C)c2)c2cc(C)ccc2O)c1. The van der Waals surface area contributed by atoms with Crippen LogP contribution in [0.2, 0.25) is 0 Å². The lowest BCUT2D eigenvalue weighted by Gasteiger charge is -2.27. The maximum atomic E-state index is 10.7. The fourth-order valence-corrected chi connectivity index (χ4v) is 3.77. The number of phenolic OH excluding ortho intramolecular Hbond substituents is 3. The van der Waals surface area contributed by atoms with Crippen molar-refractivity contribution in [1.82, 2.24) is 0 Å². The van der Waals surface area contributed by atoms with Crippen LogP contribution in [0.3, 0.4) is 0 Å². The first-order valence-electron chi connectivity index (χ1n) is 10.7. The number of benzene rings is 4. The Labute approximate surface area is 193 Å². The number of hydrogen-bond donors (Lipinski definition) is 3. The lowest BCUT2D eigenvalue weighted by molar-refractivity contribution is 0.445. The van der Waals surface area contributed by atoms with Gasteiger partial charge in [0.15, 0.2) is 0 Å². The Bertz CT molecular complexity index is 1280. The van der Waals surface area contributed by atoms with Gasteiger partial charge in [-0.25, -0.2) is 0 Å². The zero-order valence-electron chi connectivity index (χ0n) is 19.1. The van der Waals surface area contributed by atoms with Crippen LogP contribution in [-0.4, -0.2) is 15.3 Å². The van der Waals surface area contributed by atoms with Gasteiger partial charge in [-0.1, -0.05) is 24.3 Å². The number of anilines is 3. The van der Waals surface area contributed by atoms with Gasteiger partial charge in [-0.2, -0.15) is 0 Å². The first-order chi connectivity index (χ1) is 15.7. The lowest BCUT2D eigenvalue weighted by Crippen LogP contribution is -2.11. The highest BCUT2D eigenvalue weighted by atomic mass is 16.5. The van der Waals surface area contributed by atoms with Gasteiger partial charge in [0, 0.05) is 11.6 Å². The third-order valence-electron chi connectivity index (χ3n) is 5.63. The molecular weight excluding hydrogens is 414 g/mol. The van der Waals surface area contributed by atoms with E-state index < -0.39 is 0 Å². The minimum atomic E-state index is 0.0899. The molecule has 0 saturated carbocycles. The Morgan fingerprint density at radius 3 is 1.88 bits per heavy atom. The highest BCUT2D eigenvalue weighted by molar-refractivity contribution is 5.83. The molecule has 0 radical (unpaired) electrons. The number of rotatable bonds is 5. The largest absolute Gasteiger partial charge is 0.507 e. The highest BCUT2D eigenvalue weighted by Crippen LogP contribution is 2.45. The minimum Gasteiger partial charge on any atom is -0.507 e. The second kappa shape index (κ2) is 8.79. The van der Waals surface area contributed by atoms with Gasteiger partial charge in [0.1, 0.15) is 28.7 Å². The Hall–Kier alpha value is -4.12. The fraction of sp³-hybridized carbons (Fsp3) is 0.143. The Kier molecular flexibility index (Phi) is 5.88. The van der Waals surface area contributed by atoms with Gasteiger partial charge in [-0.15, -0.1) is 0 Å². The van der Waals surface area contributed by atoms with Crippen molar-refractivity contribution in [3.05, 3.63) is 95.1 Å². The van der Waals surface area contributed by atoms with Gasteiger partial charge < -0.3 is 25.0 Å². The van der Waals surface area contributed by atoms with E-state index in [-0.39, 0.29) is 17.2 Å². The predicted molar refractivity (Wildman–Crippen MR) is 132 cm³/mol. The van der Waals surface area contributed by atoms with Crippen molar-refractivity contribution in [2.45, 2.75) is 27.7 Å². The van der Waals surface area contributed by atoms with Crippen LogP contribution in [0.1, 0.15) is 22.3 Å². The first kappa shape index (κ1) is 22.1. The molecule has 0 saturated heterocycles. The summed E-state index contributed by atoms with van der Waals surface area (Å²) in [7, 11) is 0. The molecule has 168 valence electrons. The van der Waals surface area contributed by atoms with E-state index in [1.165, 1.54) is 0 Å². The molecule has 0 atom stereocenters. The van der Waals surface area contributed by atoms with E-state index in [4.69, 9.17) is 4.74 Å². The molecule has 4 aromatic rings. The van der Waals surface area contributed by atoms with Crippen LogP contribution < -0.4 is 9.64 Å².